The minimum atomic E-state index is 0.647. The number of furan rings is 1. The van der Waals surface area contributed by atoms with E-state index in [-0.39, 0.29) is 0 Å². The molecule has 1 aliphatic rings. The van der Waals surface area contributed by atoms with Crippen molar-refractivity contribution in [2.75, 3.05) is 0 Å². The fourth-order valence-corrected chi connectivity index (χ4v) is 5.10. The number of nitrogens with zero attached hydrogens (tertiary/aromatic N) is 3. The highest BCUT2D eigenvalue weighted by Gasteiger charge is 2.19. The van der Waals surface area contributed by atoms with Gasteiger partial charge in [0.2, 0.25) is 0 Å². The molecule has 6 rings (SSSR count). The zero-order chi connectivity index (χ0) is 26.8. The van der Waals surface area contributed by atoms with Gasteiger partial charge in [0, 0.05) is 27.5 Å². The van der Waals surface area contributed by atoms with Crippen LogP contribution in [0, 0.1) is 6.92 Å². The van der Waals surface area contributed by atoms with E-state index in [1.54, 1.807) is 0 Å². The summed E-state index contributed by atoms with van der Waals surface area (Å²) in [7, 11) is 0. The first-order chi connectivity index (χ1) is 19.1. The van der Waals surface area contributed by atoms with Crippen molar-refractivity contribution < 1.29 is 4.42 Å². The predicted octanol–water partition coefficient (Wildman–Crippen LogP) is 9.52. The van der Waals surface area contributed by atoms with Gasteiger partial charge in [-0.05, 0) is 62.4 Å². The van der Waals surface area contributed by atoms with Crippen LogP contribution >= 0.6 is 0 Å². The zero-order valence-corrected chi connectivity index (χ0v) is 22.6. The number of allylic oxidation sites excluding steroid dienone is 8. The molecular formula is C35H31N3O. The summed E-state index contributed by atoms with van der Waals surface area (Å²) < 4.78 is 6.31. The normalized spacial score (nSPS) is 14.0. The second-order valence-electron chi connectivity index (χ2n) is 9.86. The molecule has 0 amide bonds. The van der Waals surface area contributed by atoms with Crippen LogP contribution in [0.1, 0.15) is 50.3 Å². The Balaban J connectivity index is 1.59. The van der Waals surface area contributed by atoms with E-state index in [2.05, 4.69) is 98.8 Å². The summed E-state index contributed by atoms with van der Waals surface area (Å²) in [6.45, 7) is 6.27. The lowest BCUT2D eigenvalue weighted by Gasteiger charge is -2.11. The Hall–Kier alpha value is -4.57. The highest BCUT2D eigenvalue weighted by molar-refractivity contribution is 6.12. The Morgan fingerprint density at radius 1 is 0.897 bits per heavy atom. The number of hydrogen-bond acceptors (Lipinski definition) is 4. The predicted molar refractivity (Wildman–Crippen MR) is 162 cm³/mol. The van der Waals surface area contributed by atoms with E-state index in [1.165, 1.54) is 11.1 Å². The van der Waals surface area contributed by atoms with Gasteiger partial charge in [-0.25, -0.2) is 15.0 Å². The molecule has 2 heterocycles. The fourth-order valence-electron chi connectivity index (χ4n) is 5.10. The van der Waals surface area contributed by atoms with Gasteiger partial charge in [0.1, 0.15) is 11.2 Å². The van der Waals surface area contributed by atoms with Gasteiger partial charge in [0.15, 0.2) is 17.5 Å². The monoisotopic (exact) mass is 509 g/mol. The molecule has 39 heavy (non-hydrogen) atoms. The molecule has 0 saturated carbocycles. The van der Waals surface area contributed by atoms with Crippen LogP contribution in [0.3, 0.4) is 0 Å². The lowest BCUT2D eigenvalue weighted by Crippen LogP contribution is -2.05. The molecule has 0 N–H and O–H groups in total. The largest absolute Gasteiger partial charge is 0.456 e. The summed E-state index contributed by atoms with van der Waals surface area (Å²) in [6, 6.07) is 21.1. The topological polar surface area (TPSA) is 51.8 Å². The van der Waals surface area contributed by atoms with E-state index in [0.29, 0.717) is 17.5 Å². The van der Waals surface area contributed by atoms with Crippen molar-refractivity contribution >= 4 is 33.1 Å². The number of aryl methyl sites for hydroxylation is 1. The molecule has 0 fully saturated rings. The Bertz CT molecular complexity index is 1820. The third kappa shape index (κ3) is 4.86. The Morgan fingerprint density at radius 3 is 2.54 bits per heavy atom. The molecule has 192 valence electrons. The van der Waals surface area contributed by atoms with Crippen molar-refractivity contribution in [1.82, 2.24) is 15.0 Å². The lowest BCUT2D eigenvalue weighted by atomic mass is 9.99. The molecule has 5 aromatic rings. The zero-order valence-electron chi connectivity index (χ0n) is 22.6. The molecule has 1 aliphatic carbocycles. The first kappa shape index (κ1) is 24.7. The number of hydrogen-bond donors (Lipinski definition) is 0. The molecule has 2 aromatic heterocycles. The SMILES string of the molecule is C/C=C(\C=C/CC)c1nc(C2=CCCC=C2)nc(-c2cccc3oc4ccc(-c5cccc(C)c5)cc4c23)n1. The van der Waals surface area contributed by atoms with Crippen LogP contribution in [0.4, 0.5) is 0 Å². The van der Waals surface area contributed by atoms with Crippen molar-refractivity contribution in [1.29, 1.82) is 0 Å². The van der Waals surface area contributed by atoms with Crippen molar-refractivity contribution in [3.8, 4) is 22.5 Å². The van der Waals surface area contributed by atoms with Crippen molar-refractivity contribution in [2.45, 2.75) is 40.0 Å². The van der Waals surface area contributed by atoms with E-state index in [9.17, 15) is 0 Å². The number of aromatic nitrogens is 3. The van der Waals surface area contributed by atoms with E-state index in [4.69, 9.17) is 19.4 Å². The third-order valence-corrected chi connectivity index (χ3v) is 7.08. The Labute approximate surface area is 229 Å². The van der Waals surface area contributed by atoms with E-state index in [0.717, 1.165) is 63.5 Å². The summed E-state index contributed by atoms with van der Waals surface area (Å²) in [6.07, 6.45) is 15.8. The van der Waals surface area contributed by atoms with Gasteiger partial charge in [0.05, 0.1) is 0 Å². The van der Waals surface area contributed by atoms with Crippen LogP contribution in [0.5, 0.6) is 0 Å². The average molecular weight is 510 g/mol. The van der Waals surface area contributed by atoms with E-state index >= 15 is 0 Å². The summed E-state index contributed by atoms with van der Waals surface area (Å²) >= 11 is 0. The van der Waals surface area contributed by atoms with Gasteiger partial charge in [-0.3, -0.25) is 0 Å². The molecule has 4 heteroatoms. The maximum Gasteiger partial charge on any atom is 0.164 e. The van der Waals surface area contributed by atoms with Crippen molar-refractivity contribution in [3.05, 3.63) is 114 Å². The number of fused-ring (bicyclic) bond motifs is 3. The van der Waals surface area contributed by atoms with Crippen LogP contribution in [-0.2, 0) is 0 Å². The second kappa shape index (κ2) is 10.7. The summed E-state index contributed by atoms with van der Waals surface area (Å²) in [5, 5.41) is 2.07. The van der Waals surface area contributed by atoms with E-state index < -0.39 is 0 Å². The average Bonchev–Trinajstić information content (AvgIpc) is 3.36. The smallest absolute Gasteiger partial charge is 0.164 e. The third-order valence-electron chi connectivity index (χ3n) is 7.08. The molecule has 0 unspecified atom stereocenters. The minimum Gasteiger partial charge on any atom is -0.456 e. The molecule has 3 aromatic carbocycles. The van der Waals surface area contributed by atoms with Crippen LogP contribution in [-0.4, -0.2) is 15.0 Å². The molecule has 4 nitrogen and oxygen atoms in total. The van der Waals surface area contributed by atoms with Gasteiger partial charge in [-0.15, -0.1) is 0 Å². The maximum atomic E-state index is 6.31. The summed E-state index contributed by atoms with van der Waals surface area (Å²) in [5.41, 5.74) is 8.19. The quantitative estimate of drug-likeness (QED) is 0.214. The standard InChI is InChI=1S/C35H31N3O/c1-4-6-13-24(5-2)33-36-34(25-14-8-7-9-15-25)38-35(37-33)28-17-11-18-31-32(28)29-22-27(19-20-30(29)39-31)26-16-10-12-23(3)21-26/h5-6,8,10-22H,4,7,9H2,1-3H3/b13-6-,24-5+. The molecule has 0 atom stereocenters. The van der Waals surface area contributed by atoms with Crippen LogP contribution < -0.4 is 0 Å². The van der Waals surface area contributed by atoms with Crippen molar-refractivity contribution in [3.63, 3.8) is 0 Å². The maximum absolute atomic E-state index is 6.31. The van der Waals surface area contributed by atoms with Crippen LogP contribution in [0.15, 0.2) is 102 Å². The fraction of sp³-hybridized carbons (Fsp3) is 0.171. The lowest BCUT2D eigenvalue weighted by molar-refractivity contribution is 0.669. The number of benzene rings is 3. The second-order valence-corrected chi connectivity index (χ2v) is 9.86. The Morgan fingerprint density at radius 2 is 1.74 bits per heavy atom. The van der Waals surface area contributed by atoms with Gasteiger partial charge in [-0.2, -0.15) is 0 Å². The van der Waals surface area contributed by atoms with Crippen molar-refractivity contribution in [2.24, 2.45) is 0 Å². The van der Waals surface area contributed by atoms with Crippen LogP contribution in [0.2, 0.25) is 0 Å². The van der Waals surface area contributed by atoms with Gasteiger partial charge in [-0.1, -0.05) is 91.4 Å². The first-order valence-corrected chi connectivity index (χ1v) is 13.6. The van der Waals surface area contributed by atoms with Crippen LogP contribution in [0.25, 0.3) is 55.6 Å². The van der Waals surface area contributed by atoms with Gasteiger partial charge >= 0.3 is 0 Å². The molecule has 0 bridgehead atoms. The number of rotatable bonds is 6. The minimum absolute atomic E-state index is 0.647. The molecule has 0 spiro atoms. The Kier molecular flexibility index (Phi) is 6.76. The summed E-state index contributed by atoms with van der Waals surface area (Å²) in [4.78, 5) is 14.9. The first-order valence-electron chi connectivity index (χ1n) is 13.6. The van der Waals surface area contributed by atoms with Gasteiger partial charge in [0.25, 0.3) is 0 Å². The highest BCUT2D eigenvalue weighted by Crippen LogP contribution is 2.38. The molecule has 0 saturated heterocycles. The summed E-state index contributed by atoms with van der Waals surface area (Å²) in [5.74, 6) is 2.01. The molecule has 0 radical (unpaired) electrons. The van der Waals surface area contributed by atoms with E-state index in [1.807, 2.05) is 19.1 Å². The molecular weight excluding hydrogens is 478 g/mol. The van der Waals surface area contributed by atoms with Gasteiger partial charge < -0.3 is 4.42 Å². The molecule has 0 aliphatic heterocycles. The highest BCUT2D eigenvalue weighted by atomic mass is 16.3.